The van der Waals surface area contributed by atoms with Gasteiger partial charge in [0, 0.05) is 42.6 Å². The first-order valence-electron chi connectivity index (χ1n) is 10.5. The molecular formula is C24H22BrF2N3O2S. The van der Waals surface area contributed by atoms with Crippen LogP contribution >= 0.6 is 15.9 Å². The maximum absolute atomic E-state index is 14.7. The van der Waals surface area contributed by atoms with E-state index < -0.39 is 21.2 Å². The van der Waals surface area contributed by atoms with Crippen LogP contribution < -0.4 is 9.64 Å². The van der Waals surface area contributed by atoms with Crippen LogP contribution in [0.3, 0.4) is 0 Å². The standard InChI is InChI=1S/C24H22BrF2N3O2S/c1-33(2,31)17-5-3-14(4-6-17)15-7-21(26)23(22(27)8-15)32-13-20-18-11-30(12-19(18)20)24-28-9-16(25)10-29-24/h3-10,18-20H,1,11-13H2,2H3/t18-,19?,20?,33?/m0/s1. The zero-order valence-electron chi connectivity index (χ0n) is 17.9. The SMILES string of the molecule is C=S(C)(=O)c1ccc(-c2cc(F)c(OCC3C4CN(c5ncc(Br)cn5)C[C@H]34)c(F)c2)cc1. The molecule has 9 heteroatoms. The zero-order chi connectivity index (χ0) is 23.3. The summed E-state index contributed by atoms with van der Waals surface area (Å²) in [5.74, 6) is 3.64. The average molecular weight is 534 g/mol. The Hall–Kier alpha value is -2.52. The molecule has 0 radical (unpaired) electrons. The molecule has 1 aliphatic carbocycles. The van der Waals surface area contributed by atoms with Gasteiger partial charge in [0.1, 0.15) is 0 Å². The fourth-order valence-electron chi connectivity index (χ4n) is 4.51. The summed E-state index contributed by atoms with van der Waals surface area (Å²) in [6, 6.07) is 9.23. The lowest BCUT2D eigenvalue weighted by atomic mass is 10.1. The monoisotopic (exact) mass is 533 g/mol. The highest BCUT2D eigenvalue weighted by molar-refractivity contribution is 9.10. The summed E-state index contributed by atoms with van der Waals surface area (Å²) in [6.07, 6.45) is 4.99. The summed E-state index contributed by atoms with van der Waals surface area (Å²) in [6.45, 7) is 1.91. The number of piperidine rings is 1. The van der Waals surface area contributed by atoms with Crippen molar-refractivity contribution < 1.29 is 17.7 Å². The van der Waals surface area contributed by atoms with Gasteiger partial charge < -0.3 is 9.64 Å². The van der Waals surface area contributed by atoms with Crippen molar-refractivity contribution in [3.63, 3.8) is 0 Å². The number of anilines is 1. The largest absolute Gasteiger partial charge is 0.487 e. The molecule has 1 saturated heterocycles. The van der Waals surface area contributed by atoms with Crippen molar-refractivity contribution in [2.45, 2.75) is 4.90 Å². The van der Waals surface area contributed by atoms with Gasteiger partial charge in [0.05, 0.1) is 11.1 Å². The Bertz CT molecular complexity index is 1270. The van der Waals surface area contributed by atoms with E-state index in [1.807, 2.05) is 0 Å². The van der Waals surface area contributed by atoms with Crippen LogP contribution in [0.15, 0.2) is 58.2 Å². The van der Waals surface area contributed by atoms with E-state index in [0.717, 1.165) is 17.6 Å². The van der Waals surface area contributed by atoms with E-state index in [4.69, 9.17) is 4.74 Å². The molecule has 1 aromatic heterocycles. The van der Waals surface area contributed by atoms with Crippen LogP contribution in [0.1, 0.15) is 0 Å². The second-order valence-electron chi connectivity index (χ2n) is 8.71. The number of benzene rings is 2. The van der Waals surface area contributed by atoms with Crippen LogP contribution in [0.5, 0.6) is 5.75 Å². The molecule has 172 valence electrons. The second kappa shape index (κ2) is 8.36. The van der Waals surface area contributed by atoms with E-state index in [1.165, 1.54) is 12.1 Å². The Morgan fingerprint density at radius 1 is 1.09 bits per heavy atom. The van der Waals surface area contributed by atoms with E-state index in [-0.39, 0.29) is 18.3 Å². The van der Waals surface area contributed by atoms with Crippen LogP contribution in [0.25, 0.3) is 11.1 Å². The molecule has 0 N–H and O–H groups in total. The number of halogens is 3. The molecule has 0 bridgehead atoms. The number of rotatable bonds is 6. The van der Waals surface area contributed by atoms with Gasteiger partial charge in [0.2, 0.25) is 5.95 Å². The summed E-state index contributed by atoms with van der Waals surface area (Å²) in [5.41, 5.74) is 1.02. The fourth-order valence-corrected chi connectivity index (χ4v) is 5.42. The minimum atomic E-state index is -2.34. The van der Waals surface area contributed by atoms with E-state index in [1.54, 1.807) is 42.9 Å². The van der Waals surface area contributed by atoms with Gasteiger partial charge in [-0.05, 0) is 78.6 Å². The van der Waals surface area contributed by atoms with Crippen molar-refractivity contribution >= 4 is 37.3 Å². The van der Waals surface area contributed by atoms with Gasteiger partial charge in [-0.3, -0.25) is 4.21 Å². The number of hydrogen-bond acceptors (Lipinski definition) is 5. The van der Waals surface area contributed by atoms with Crippen molar-refractivity contribution in [2.24, 2.45) is 17.8 Å². The van der Waals surface area contributed by atoms with Gasteiger partial charge in [0.25, 0.3) is 0 Å². The zero-order valence-corrected chi connectivity index (χ0v) is 20.3. The molecule has 2 aromatic carbocycles. The van der Waals surface area contributed by atoms with Gasteiger partial charge in [-0.2, -0.15) is 0 Å². The minimum absolute atomic E-state index is 0.272. The highest BCUT2D eigenvalue weighted by atomic mass is 79.9. The predicted molar refractivity (Wildman–Crippen MR) is 129 cm³/mol. The minimum Gasteiger partial charge on any atom is -0.487 e. The van der Waals surface area contributed by atoms with Crippen LogP contribution in [-0.2, 0) is 9.52 Å². The van der Waals surface area contributed by atoms with Crippen LogP contribution in [0.2, 0.25) is 0 Å². The number of nitrogens with zero attached hydrogens (tertiary/aromatic N) is 3. The normalized spacial score (nSPS) is 23.2. The van der Waals surface area contributed by atoms with Crippen LogP contribution in [0.4, 0.5) is 14.7 Å². The third-order valence-corrected chi connectivity index (χ3v) is 8.04. The second-order valence-corrected chi connectivity index (χ2v) is 12.1. The molecule has 2 fully saturated rings. The Morgan fingerprint density at radius 3 is 2.21 bits per heavy atom. The Balaban J connectivity index is 1.22. The third kappa shape index (κ3) is 4.48. The molecule has 3 aromatic rings. The number of fused-ring (bicyclic) bond motifs is 1. The Morgan fingerprint density at radius 2 is 1.67 bits per heavy atom. The molecular weight excluding hydrogens is 512 g/mol. The van der Waals surface area contributed by atoms with Crippen molar-refractivity contribution in [1.29, 1.82) is 0 Å². The molecule has 5 rings (SSSR count). The first-order valence-corrected chi connectivity index (χ1v) is 13.4. The smallest absolute Gasteiger partial charge is 0.225 e. The Kier molecular flexibility index (Phi) is 5.64. The molecule has 2 heterocycles. The molecule has 33 heavy (non-hydrogen) atoms. The quantitative estimate of drug-likeness (QED) is 0.431. The predicted octanol–water partition coefficient (Wildman–Crippen LogP) is 4.65. The van der Waals surface area contributed by atoms with E-state index in [9.17, 15) is 13.0 Å². The van der Waals surface area contributed by atoms with Gasteiger partial charge in [-0.15, -0.1) is 0 Å². The molecule has 2 aliphatic rings. The van der Waals surface area contributed by atoms with Gasteiger partial charge in [-0.1, -0.05) is 12.1 Å². The van der Waals surface area contributed by atoms with Crippen molar-refractivity contribution in [1.82, 2.24) is 9.97 Å². The number of aromatic nitrogens is 2. The number of ether oxygens (including phenoxy) is 1. The molecule has 4 atom stereocenters. The van der Waals surface area contributed by atoms with Crippen LogP contribution in [-0.4, -0.2) is 46.0 Å². The van der Waals surface area contributed by atoms with Crippen molar-refractivity contribution in [3.8, 4) is 16.9 Å². The third-order valence-electron chi connectivity index (χ3n) is 6.37. The lowest BCUT2D eigenvalue weighted by molar-refractivity contribution is 0.257. The summed E-state index contributed by atoms with van der Waals surface area (Å²) < 4.78 is 47.8. The first kappa shape index (κ1) is 22.3. The summed E-state index contributed by atoms with van der Waals surface area (Å²) in [7, 11) is -2.34. The fraction of sp³-hybridized carbons (Fsp3) is 0.292. The summed E-state index contributed by atoms with van der Waals surface area (Å²) in [5, 5.41) is 0. The lowest BCUT2D eigenvalue weighted by Gasteiger charge is -2.19. The van der Waals surface area contributed by atoms with E-state index >= 15 is 0 Å². The summed E-state index contributed by atoms with van der Waals surface area (Å²) in [4.78, 5) is 11.4. The Labute approximate surface area is 200 Å². The van der Waals surface area contributed by atoms with Gasteiger partial charge in [-0.25, -0.2) is 18.7 Å². The number of hydrogen-bond donors (Lipinski definition) is 0. The topological polar surface area (TPSA) is 55.3 Å². The van der Waals surface area contributed by atoms with Gasteiger partial charge in [0.15, 0.2) is 17.4 Å². The molecule has 1 saturated carbocycles. The molecule has 1 aliphatic heterocycles. The molecule has 0 spiro atoms. The van der Waals surface area contributed by atoms with Crippen molar-refractivity contribution in [2.75, 3.05) is 30.9 Å². The molecule has 5 nitrogen and oxygen atoms in total. The van der Waals surface area contributed by atoms with Crippen molar-refractivity contribution in [3.05, 3.63) is 64.9 Å². The highest BCUT2D eigenvalue weighted by Gasteiger charge is 2.56. The maximum atomic E-state index is 14.7. The first-order chi connectivity index (χ1) is 15.7. The van der Waals surface area contributed by atoms with E-state index in [0.29, 0.717) is 33.8 Å². The summed E-state index contributed by atoms with van der Waals surface area (Å²) >= 11 is 3.33. The highest BCUT2D eigenvalue weighted by Crippen LogP contribution is 2.52. The van der Waals surface area contributed by atoms with Crippen LogP contribution in [0, 0.1) is 29.4 Å². The maximum Gasteiger partial charge on any atom is 0.225 e. The molecule has 0 amide bonds. The van der Waals surface area contributed by atoms with E-state index in [2.05, 4.69) is 36.7 Å². The van der Waals surface area contributed by atoms with Gasteiger partial charge >= 0.3 is 0 Å². The molecule has 3 unspecified atom stereocenters. The lowest BCUT2D eigenvalue weighted by Crippen LogP contribution is -2.27. The average Bonchev–Trinajstić information content (AvgIpc) is 3.21.